The van der Waals surface area contributed by atoms with E-state index in [1.54, 1.807) is 56.7 Å². The highest BCUT2D eigenvalue weighted by atomic mass is 32.2. The maximum absolute atomic E-state index is 12.6. The number of hydrogen-bond donors (Lipinski definition) is 1. The van der Waals surface area contributed by atoms with E-state index in [9.17, 15) is 8.42 Å². The molecule has 0 fully saturated rings. The largest absolute Gasteiger partial charge is 0.398 e. The molecule has 2 aromatic rings. The summed E-state index contributed by atoms with van der Waals surface area (Å²) >= 11 is 0. The number of nitrogens with zero attached hydrogens (tertiary/aromatic N) is 2. The van der Waals surface area contributed by atoms with E-state index in [2.05, 4.69) is 4.98 Å². The van der Waals surface area contributed by atoms with E-state index >= 15 is 0 Å². The molecule has 0 radical (unpaired) electrons. The van der Waals surface area contributed by atoms with E-state index in [4.69, 9.17) is 5.73 Å². The molecule has 0 saturated heterocycles. The van der Waals surface area contributed by atoms with Crippen molar-refractivity contribution >= 4 is 15.7 Å². The Balaban J connectivity index is 2.33. The summed E-state index contributed by atoms with van der Waals surface area (Å²) in [6.07, 6.45) is 3.28. The second kappa shape index (κ2) is 5.60. The number of aromatic nitrogens is 1. The molecule has 2 rings (SSSR count). The first-order valence-corrected chi connectivity index (χ1v) is 7.57. The maximum atomic E-state index is 12.6. The molecule has 0 aliphatic rings. The fourth-order valence-electron chi connectivity index (χ4n) is 1.91. The van der Waals surface area contributed by atoms with Gasteiger partial charge in [-0.25, -0.2) is 8.42 Å². The number of hydrogen-bond acceptors (Lipinski definition) is 4. The fourth-order valence-corrected chi connectivity index (χ4v) is 3.32. The van der Waals surface area contributed by atoms with Gasteiger partial charge in [0.15, 0.2) is 0 Å². The predicted octanol–water partition coefficient (Wildman–Crippen LogP) is 1.79. The lowest BCUT2D eigenvalue weighted by atomic mass is 10.2. The normalized spacial score (nSPS) is 11.8. The van der Waals surface area contributed by atoms with Crippen LogP contribution in [0.15, 0.2) is 47.6 Å². The van der Waals surface area contributed by atoms with Gasteiger partial charge in [-0.1, -0.05) is 6.07 Å². The van der Waals surface area contributed by atoms with E-state index in [1.807, 2.05) is 0 Å². The lowest BCUT2D eigenvalue weighted by molar-refractivity contribution is 0.466. The molecule has 1 heterocycles. The summed E-state index contributed by atoms with van der Waals surface area (Å²) in [6, 6.07) is 8.49. The van der Waals surface area contributed by atoms with Gasteiger partial charge >= 0.3 is 0 Å². The van der Waals surface area contributed by atoms with Crippen LogP contribution in [-0.2, 0) is 16.6 Å². The van der Waals surface area contributed by atoms with Crippen molar-refractivity contribution in [2.24, 2.45) is 0 Å². The Bertz CT molecular complexity index is 700. The molecule has 0 atom stereocenters. The number of anilines is 1. The van der Waals surface area contributed by atoms with E-state index in [0.717, 1.165) is 5.56 Å². The van der Waals surface area contributed by atoms with Gasteiger partial charge in [-0.15, -0.1) is 0 Å². The Morgan fingerprint density at radius 1 is 1.20 bits per heavy atom. The highest BCUT2D eigenvalue weighted by Crippen LogP contribution is 2.24. The first-order chi connectivity index (χ1) is 9.43. The highest BCUT2D eigenvalue weighted by molar-refractivity contribution is 7.89. The average Bonchev–Trinajstić information content (AvgIpc) is 2.42. The lowest BCUT2D eigenvalue weighted by Gasteiger charge is -2.19. The van der Waals surface area contributed by atoms with Crippen molar-refractivity contribution in [1.82, 2.24) is 9.29 Å². The molecule has 20 heavy (non-hydrogen) atoms. The summed E-state index contributed by atoms with van der Waals surface area (Å²) in [7, 11) is -2.00. The Kier molecular flexibility index (Phi) is 4.06. The third kappa shape index (κ3) is 2.81. The van der Waals surface area contributed by atoms with Gasteiger partial charge in [-0.2, -0.15) is 4.31 Å². The zero-order chi connectivity index (χ0) is 14.8. The van der Waals surface area contributed by atoms with Crippen LogP contribution in [0.25, 0.3) is 0 Å². The average molecular weight is 291 g/mol. The highest BCUT2D eigenvalue weighted by Gasteiger charge is 2.23. The number of nitrogens with two attached hydrogens (primary N) is 1. The number of sulfonamides is 1. The van der Waals surface area contributed by atoms with E-state index < -0.39 is 10.0 Å². The van der Waals surface area contributed by atoms with Crippen LogP contribution in [0.2, 0.25) is 0 Å². The number of rotatable bonds is 4. The van der Waals surface area contributed by atoms with Crippen LogP contribution in [0.5, 0.6) is 0 Å². The van der Waals surface area contributed by atoms with Crippen LogP contribution in [-0.4, -0.2) is 24.8 Å². The van der Waals surface area contributed by atoms with E-state index in [1.165, 1.54) is 4.31 Å². The van der Waals surface area contributed by atoms with Crippen LogP contribution in [0, 0.1) is 6.92 Å². The number of nitrogen functional groups attached to an aromatic ring is 1. The van der Waals surface area contributed by atoms with Crippen molar-refractivity contribution in [3.05, 3.63) is 53.9 Å². The van der Waals surface area contributed by atoms with Gasteiger partial charge in [-0.3, -0.25) is 4.98 Å². The van der Waals surface area contributed by atoms with Gasteiger partial charge in [0.2, 0.25) is 10.0 Å². The minimum atomic E-state index is -3.56. The van der Waals surface area contributed by atoms with Gasteiger partial charge < -0.3 is 5.73 Å². The number of benzene rings is 1. The Morgan fingerprint density at radius 2 is 1.85 bits per heavy atom. The quantitative estimate of drug-likeness (QED) is 0.871. The van der Waals surface area contributed by atoms with Crippen LogP contribution in [0.1, 0.15) is 11.1 Å². The summed E-state index contributed by atoms with van der Waals surface area (Å²) in [6.45, 7) is 2.00. The van der Waals surface area contributed by atoms with Crippen LogP contribution >= 0.6 is 0 Å². The molecule has 0 aliphatic heterocycles. The second-order valence-corrected chi connectivity index (χ2v) is 6.60. The first-order valence-electron chi connectivity index (χ1n) is 6.13. The third-order valence-electron chi connectivity index (χ3n) is 3.17. The molecule has 0 aliphatic carbocycles. The summed E-state index contributed by atoms with van der Waals surface area (Å²) < 4.78 is 26.4. The zero-order valence-electron chi connectivity index (χ0n) is 11.4. The van der Waals surface area contributed by atoms with Crippen molar-refractivity contribution < 1.29 is 8.42 Å². The number of pyridine rings is 1. The molecule has 2 N–H and O–H groups in total. The van der Waals surface area contributed by atoms with Crippen molar-refractivity contribution in [3.63, 3.8) is 0 Å². The molecule has 0 bridgehead atoms. The summed E-state index contributed by atoms with van der Waals surface area (Å²) in [5, 5.41) is 0. The third-order valence-corrected chi connectivity index (χ3v) is 5.12. The van der Waals surface area contributed by atoms with Crippen LogP contribution in [0.3, 0.4) is 0 Å². The summed E-state index contributed by atoms with van der Waals surface area (Å²) in [5.74, 6) is 0. The second-order valence-electron chi connectivity index (χ2n) is 4.59. The minimum Gasteiger partial charge on any atom is -0.398 e. The van der Waals surface area contributed by atoms with E-state index in [0.29, 0.717) is 17.8 Å². The Hall–Kier alpha value is -1.92. The van der Waals surface area contributed by atoms with Crippen LogP contribution < -0.4 is 5.73 Å². The summed E-state index contributed by atoms with van der Waals surface area (Å²) in [5.41, 5.74) is 7.71. The van der Waals surface area contributed by atoms with Crippen LogP contribution in [0.4, 0.5) is 5.69 Å². The molecular formula is C14H17N3O2S. The first kappa shape index (κ1) is 14.5. The molecule has 0 spiro atoms. The van der Waals surface area contributed by atoms with Crippen molar-refractivity contribution in [3.8, 4) is 0 Å². The van der Waals surface area contributed by atoms with Gasteiger partial charge in [0, 0.05) is 31.7 Å². The predicted molar refractivity (Wildman–Crippen MR) is 78.5 cm³/mol. The molecular weight excluding hydrogens is 274 g/mol. The standard InChI is InChI=1S/C14H17N3O2S/c1-11-13(15)4-3-5-14(11)20(18,19)17(2)10-12-6-8-16-9-7-12/h3-9H,10,15H2,1-2H3. The maximum Gasteiger partial charge on any atom is 0.243 e. The molecule has 5 nitrogen and oxygen atoms in total. The Labute approximate surface area is 119 Å². The lowest BCUT2D eigenvalue weighted by Crippen LogP contribution is -2.27. The monoisotopic (exact) mass is 291 g/mol. The topological polar surface area (TPSA) is 76.3 Å². The molecule has 1 aromatic carbocycles. The van der Waals surface area contributed by atoms with Crippen molar-refractivity contribution in [1.29, 1.82) is 0 Å². The zero-order valence-corrected chi connectivity index (χ0v) is 12.3. The Morgan fingerprint density at radius 3 is 2.50 bits per heavy atom. The van der Waals surface area contributed by atoms with Gasteiger partial charge in [0.25, 0.3) is 0 Å². The molecule has 0 unspecified atom stereocenters. The fraction of sp³-hybridized carbons (Fsp3) is 0.214. The van der Waals surface area contributed by atoms with E-state index in [-0.39, 0.29) is 4.90 Å². The smallest absolute Gasteiger partial charge is 0.243 e. The molecule has 106 valence electrons. The summed E-state index contributed by atoms with van der Waals surface area (Å²) in [4.78, 5) is 4.16. The molecule has 0 amide bonds. The molecule has 1 aromatic heterocycles. The van der Waals surface area contributed by atoms with Gasteiger partial charge in [0.05, 0.1) is 4.90 Å². The van der Waals surface area contributed by atoms with Gasteiger partial charge in [-0.05, 0) is 42.3 Å². The molecule has 6 heteroatoms. The van der Waals surface area contributed by atoms with Gasteiger partial charge in [0.1, 0.15) is 0 Å². The van der Waals surface area contributed by atoms with Crippen molar-refractivity contribution in [2.45, 2.75) is 18.4 Å². The minimum absolute atomic E-state index is 0.244. The van der Waals surface area contributed by atoms with Crippen molar-refractivity contribution in [2.75, 3.05) is 12.8 Å². The SMILES string of the molecule is Cc1c(N)cccc1S(=O)(=O)N(C)Cc1ccncc1. The molecule has 0 saturated carbocycles.